The zero-order valence-corrected chi connectivity index (χ0v) is 14.4. The molecule has 1 aromatic rings. The number of nitrogens with one attached hydrogen (secondary N) is 1. The lowest BCUT2D eigenvalue weighted by molar-refractivity contribution is -0.158. The average Bonchev–Trinajstić information content (AvgIpc) is 2.98. The first kappa shape index (κ1) is 15.2. The molecule has 24 heavy (non-hydrogen) atoms. The van der Waals surface area contributed by atoms with Gasteiger partial charge in [0.2, 0.25) is 0 Å². The van der Waals surface area contributed by atoms with Crippen LogP contribution in [0.25, 0.3) is 0 Å². The summed E-state index contributed by atoms with van der Waals surface area (Å²) in [5, 5.41) is 3.90. The number of hydrogen-bond acceptors (Lipinski definition) is 4. The molecule has 0 radical (unpaired) electrons. The van der Waals surface area contributed by atoms with Crippen LogP contribution in [0.4, 0.5) is 5.69 Å². The Morgan fingerprint density at radius 1 is 1.17 bits per heavy atom. The van der Waals surface area contributed by atoms with Gasteiger partial charge in [-0.2, -0.15) is 0 Å². The minimum absolute atomic E-state index is 0.446. The fraction of sp³-hybridized carbons (Fsp3) is 0.700. The molecule has 1 spiro atoms. The Hall–Kier alpha value is -1.10. The predicted octanol–water partition coefficient (Wildman–Crippen LogP) is 2.89. The van der Waals surface area contributed by atoms with Gasteiger partial charge in [0.15, 0.2) is 0 Å². The molecular formula is C20H28N2O2. The van der Waals surface area contributed by atoms with Gasteiger partial charge in [-0.3, -0.25) is 4.90 Å². The van der Waals surface area contributed by atoms with Gasteiger partial charge in [0.1, 0.15) is 0 Å². The van der Waals surface area contributed by atoms with Crippen LogP contribution in [0, 0.1) is 11.3 Å². The zero-order valence-electron chi connectivity index (χ0n) is 14.4. The Morgan fingerprint density at radius 3 is 2.83 bits per heavy atom. The molecular weight excluding hydrogens is 300 g/mol. The molecule has 5 rings (SSSR count). The van der Waals surface area contributed by atoms with E-state index in [0.717, 1.165) is 45.4 Å². The van der Waals surface area contributed by atoms with E-state index >= 15 is 0 Å². The van der Waals surface area contributed by atoms with Crippen LogP contribution in [0.3, 0.4) is 0 Å². The van der Waals surface area contributed by atoms with Gasteiger partial charge in [0.05, 0.1) is 19.3 Å². The van der Waals surface area contributed by atoms with Gasteiger partial charge in [0, 0.05) is 49.3 Å². The normalized spacial score (nSPS) is 34.4. The molecule has 4 fully saturated rings. The summed E-state index contributed by atoms with van der Waals surface area (Å²) in [5.74, 6) is 0.730. The summed E-state index contributed by atoms with van der Waals surface area (Å²) in [4.78, 5) is 2.49. The molecule has 4 aliphatic rings. The van der Waals surface area contributed by atoms with Crippen LogP contribution < -0.4 is 5.32 Å². The summed E-state index contributed by atoms with van der Waals surface area (Å²) in [6.07, 6.45) is 5.85. The molecule has 130 valence electrons. The molecule has 0 amide bonds. The summed E-state index contributed by atoms with van der Waals surface area (Å²) < 4.78 is 11.5. The van der Waals surface area contributed by atoms with E-state index in [1.165, 1.54) is 36.9 Å². The maximum absolute atomic E-state index is 6.04. The van der Waals surface area contributed by atoms with Crippen LogP contribution in [-0.4, -0.2) is 50.0 Å². The van der Waals surface area contributed by atoms with Crippen molar-refractivity contribution in [2.75, 3.05) is 38.2 Å². The molecule has 3 atom stereocenters. The minimum atomic E-state index is 0.446. The molecule has 2 aliphatic carbocycles. The van der Waals surface area contributed by atoms with Gasteiger partial charge >= 0.3 is 0 Å². The highest BCUT2D eigenvalue weighted by Gasteiger charge is 2.66. The van der Waals surface area contributed by atoms with Crippen molar-refractivity contribution in [1.29, 1.82) is 0 Å². The van der Waals surface area contributed by atoms with Crippen molar-refractivity contribution in [3.8, 4) is 0 Å². The highest BCUT2D eigenvalue weighted by atomic mass is 16.5. The Bertz CT molecular complexity index is 595. The highest BCUT2D eigenvalue weighted by molar-refractivity contribution is 5.49. The lowest BCUT2D eigenvalue weighted by Crippen LogP contribution is -2.68. The number of ether oxygens (including phenoxy) is 2. The quantitative estimate of drug-likeness (QED) is 0.921. The second-order valence-corrected chi connectivity index (χ2v) is 8.04. The van der Waals surface area contributed by atoms with Crippen molar-refractivity contribution in [2.45, 2.75) is 44.4 Å². The van der Waals surface area contributed by atoms with Gasteiger partial charge < -0.3 is 14.8 Å². The zero-order chi connectivity index (χ0) is 16.0. The first-order chi connectivity index (χ1) is 11.9. The molecule has 1 aromatic carbocycles. The first-order valence-corrected chi connectivity index (χ1v) is 9.62. The summed E-state index contributed by atoms with van der Waals surface area (Å²) in [6.45, 7) is 5.82. The molecule has 0 unspecified atom stereocenters. The predicted molar refractivity (Wildman–Crippen MR) is 94.1 cm³/mol. The number of anilines is 1. The van der Waals surface area contributed by atoms with E-state index in [-0.39, 0.29) is 0 Å². The SMILES string of the molecule is c1cc(CN2CCOCC2)cc(N[C@@H]2[C@H]3CCO[C@H]3C23CCC3)c1. The minimum Gasteiger partial charge on any atom is -0.381 e. The largest absolute Gasteiger partial charge is 0.381 e. The van der Waals surface area contributed by atoms with Gasteiger partial charge in [-0.25, -0.2) is 0 Å². The van der Waals surface area contributed by atoms with Gasteiger partial charge in [-0.05, 0) is 37.0 Å². The number of benzene rings is 1. The Labute approximate surface area is 144 Å². The van der Waals surface area contributed by atoms with Crippen LogP contribution >= 0.6 is 0 Å². The summed E-state index contributed by atoms with van der Waals surface area (Å²) >= 11 is 0. The van der Waals surface area contributed by atoms with Crippen LogP contribution in [0.1, 0.15) is 31.2 Å². The van der Waals surface area contributed by atoms with Crippen molar-refractivity contribution in [3.63, 3.8) is 0 Å². The standard InChI is InChI=1S/C20H28N2O2/c1-3-15(14-22-8-11-23-12-9-22)13-16(4-1)21-18-17-5-10-24-19(17)20(18)6-2-7-20/h1,3-4,13,17-19,21H,2,5-12,14H2/t17-,18-,19-/m1/s1. The van der Waals surface area contributed by atoms with Crippen molar-refractivity contribution >= 4 is 5.69 Å². The molecule has 4 nitrogen and oxygen atoms in total. The molecule has 2 saturated heterocycles. The highest BCUT2D eigenvalue weighted by Crippen LogP contribution is 2.63. The third-order valence-corrected chi connectivity index (χ3v) is 6.80. The molecule has 4 heteroatoms. The molecule has 1 N–H and O–H groups in total. The fourth-order valence-electron chi connectivity index (χ4n) is 5.41. The fourth-order valence-corrected chi connectivity index (χ4v) is 5.41. The maximum atomic E-state index is 6.04. The van der Waals surface area contributed by atoms with E-state index in [1.54, 1.807) is 0 Å². The molecule has 2 heterocycles. The average molecular weight is 328 g/mol. The summed E-state index contributed by atoms with van der Waals surface area (Å²) in [7, 11) is 0. The van der Waals surface area contributed by atoms with E-state index in [9.17, 15) is 0 Å². The van der Waals surface area contributed by atoms with E-state index in [1.807, 2.05) is 0 Å². The van der Waals surface area contributed by atoms with Crippen LogP contribution in [0.2, 0.25) is 0 Å². The number of fused-ring (bicyclic) bond motifs is 2. The molecule has 2 aliphatic heterocycles. The number of morpholine rings is 1. The van der Waals surface area contributed by atoms with Crippen LogP contribution in [-0.2, 0) is 16.0 Å². The first-order valence-electron chi connectivity index (χ1n) is 9.62. The third-order valence-electron chi connectivity index (χ3n) is 6.80. The third kappa shape index (κ3) is 2.39. The second-order valence-electron chi connectivity index (χ2n) is 8.04. The summed E-state index contributed by atoms with van der Waals surface area (Å²) in [6, 6.07) is 9.66. The molecule has 0 aromatic heterocycles. The van der Waals surface area contributed by atoms with Gasteiger partial charge in [-0.1, -0.05) is 18.6 Å². The Morgan fingerprint density at radius 2 is 2.04 bits per heavy atom. The number of hydrogen-bond donors (Lipinski definition) is 1. The van der Waals surface area contributed by atoms with Crippen molar-refractivity contribution < 1.29 is 9.47 Å². The lowest BCUT2D eigenvalue weighted by Gasteiger charge is -2.63. The van der Waals surface area contributed by atoms with Gasteiger partial charge in [0.25, 0.3) is 0 Å². The van der Waals surface area contributed by atoms with Crippen molar-refractivity contribution in [2.24, 2.45) is 11.3 Å². The van der Waals surface area contributed by atoms with E-state index in [0.29, 0.717) is 17.6 Å². The molecule has 0 bridgehead atoms. The van der Waals surface area contributed by atoms with Crippen LogP contribution in [0.15, 0.2) is 24.3 Å². The van der Waals surface area contributed by atoms with E-state index < -0.39 is 0 Å². The lowest BCUT2D eigenvalue weighted by atomic mass is 9.46. The maximum Gasteiger partial charge on any atom is 0.0699 e. The van der Waals surface area contributed by atoms with Crippen molar-refractivity contribution in [3.05, 3.63) is 29.8 Å². The van der Waals surface area contributed by atoms with Gasteiger partial charge in [-0.15, -0.1) is 0 Å². The number of rotatable bonds is 4. The second kappa shape index (κ2) is 6.01. The van der Waals surface area contributed by atoms with Crippen molar-refractivity contribution in [1.82, 2.24) is 4.90 Å². The molecule has 2 saturated carbocycles. The van der Waals surface area contributed by atoms with Crippen LogP contribution in [0.5, 0.6) is 0 Å². The Kier molecular flexibility index (Phi) is 3.80. The summed E-state index contributed by atoms with van der Waals surface area (Å²) in [5.41, 5.74) is 3.15. The smallest absolute Gasteiger partial charge is 0.0699 e. The van der Waals surface area contributed by atoms with E-state index in [4.69, 9.17) is 9.47 Å². The number of nitrogens with zero attached hydrogens (tertiary/aromatic N) is 1. The Balaban J connectivity index is 1.28. The monoisotopic (exact) mass is 328 g/mol. The topological polar surface area (TPSA) is 33.7 Å². The van der Waals surface area contributed by atoms with E-state index in [2.05, 4.69) is 34.5 Å².